The summed E-state index contributed by atoms with van der Waals surface area (Å²) in [7, 11) is 0. The summed E-state index contributed by atoms with van der Waals surface area (Å²) in [4.78, 5) is 43.4. The van der Waals surface area contributed by atoms with Crippen LogP contribution in [-0.4, -0.2) is 35.8 Å². The third-order valence-corrected chi connectivity index (χ3v) is 4.21. The average molecular weight is 387 g/mol. The highest BCUT2D eigenvalue weighted by atomic mass is 16.6. The molecule has 1 N–H and O–H groups in total. The van der Waals surface area contributed by atoms with Gasteiger partial charge < -0.3 is 4.74 Å². The number of ether oxygens (including phenoxy) is 1. The first-order valence-electron chi connectivity index (χ1n) is 9.59. The van der Waals surface area contributed by atoms with Crippen molar-refractivity contribution in [3.05, 3.63) is 29.3 Å². The van der Waals surface area contributed by atoms with Crippen LogP contribution in [0.3, 0.4) is 0 Å². The summed E-state index contributed by atoms with van der Waals surface area (Å²) in [5.74, 6) is -0.653. The number of carbonyl (C=O) groups is 3. The molecular formula is C21H29N3O4. The van der Waals surface area contributed by atoms with E-state index in [1.54, 1.807) is 20.8 Å². The number of amidine groups is 1. The SMILES string of the molecule is CCCCC(=O)CN1C(=O)C(NC(=O)OC(C)(C)C)=NCc2cccc(C)c21. The maximum Gasteiger partial charge on any atom is 0.413 e. The molecule has 1 heterocycles. The molecule has 7 heteroatoms. The van der Waals surface area contributed by atoms with Crippen molar-refractivity contribution in [3.63, 3.8) is 0 Å². The zero-order valence-corrected chi connectivity index (χ0v) is 17.3. The van der Waals surface area contributed by atoms with E-state index in [9.17, 15) is 14.4 Å². The smallest absolute Gasteiger partial charge is 0.413 e. The molecule has 28 heavy (non-hydrogen) atoms. The monoisotopic (exact) mass is 387 g/mol. The maximum absolute atomic E-state index is 13.1. The van der Waals surface area contributed by atoms with Crippen LogP contribution in [0.5, 0.6) is 0 Å². The lowest BCUT2D eigenvalue weighted by Crippen LogP contribution is -2.48. The number of rotatable bonds is 5. The fourth-order valence-electron chi connectivity index (χ4n) is 2.97. The highest BCUT2D eigenvalue weighted by Crippen LogP contribution is 2.28. The van der Waals surface area contributed by atoms with Crippen molar-refractivity contribution in [2.75, 3.05) is 11.4 Å². The van der Waals surface area contributed by atoms with Gasteiger partial charge in [0.2, 0.25) is 0 Å². The summed E-state index contributed by atoms with van der Waals surface area (Å²) in [6, 6.07) is 5.65. The van der Waals surface area contributed by atoms with E-state index in [0.29, 0.717) is 12.1 Å². The molecule has 0 atom stereocenters. The molecule has 1 aliphatic heterocycles. The molecule has 0 aromatic heterocycles. The van der Waals surface area contributed by atoms with Gasteiger partial charge >= 0.3 is 6.09 Å². The number of aliphatic imine (C=N–C) groups is 1. The minimum Gasteiger partial charge on any atom is -0.444 e. The van der Waals surface area contributed by atoms with Gasteiger partial charge in [0.05, 0.1) is 18.8 Å². The van der Waals surface area contributed by atoms with Crippen LogP contribution in [0.25, 0.3) is 0 Å². The number of aryl methyl sites for hydroxylation is 1. The molecule has 0 unspecified atom stereocenters. The number of unbranched alkanes of at least 4 members (excludes halogenated alkanes) is 1. The topological polar surface area (TPSA) is 88.1 Å². The molecule has 0 saturated heterocycles. The maximum atomic E-state index is 13.1. The standard InChI is InChI=1S/C21H29N3O4/c1-6-7-11-16(25)13-24-17-14(2)9-8-10-15(17)12-22-18(19(24)26)23-20(27)28-21(3,4)5/h8-10H,6-7,11-13H2,1-5H3,(H,22,23,27). The van der Waals surface area contributed by atoms with Gasteiger partial charge in [-0.1, -0.05) is 31.5 Å². The molecular weight excluding hydrogens is 358 g/mol. The molecule has 1 aromatic carbocycles. The molecule has 1 aliphatic rings. The number of nitrogens with one attached hydrogen (secondary N) is 1. The highest BCUT2D eigenvalue weighted by molar-refractivity contribution is 6.45. The Morgan fingerprint density at radius 2 is 2.00 bits per heavy atom. The average Bonchev–Trinajstić information content (AvgIpc) is 2.71. The number of carbonyl (C=O) groups excluding carboxylic acids is 3. The summed E-state index contributed by atoms with van der Waals surface area (Å²) in [6.07, 6.45) is 1.34. The molecule has 0 fully saturated rings. The van der Waals surface area contributed by atoms with E-state index in [4.69, 9.17) is 4.74 Å². The number of Topliss-reactive ketones (excluding diaryl/α,β-unsaturated/α-hetero) is 1. The number of hydrogen-bond donors (Lipinski definition) is 1. The zero-order chi connectivity index (χ0) is 20.9. The van der Waals surface area contributed by atoms with E-state index in [2.05, 4.69) is 10.3 Å². The Kier molecular flexibility index (Phi) is 6.94. The number of hydrogen-bond acceptors (Lipinski definition) is 5. The number of amides is 2. The summed E-state index contributed by atoms with van der Waals surface area (Å²) >= 11 is 0. The Morgan fingerprint density at radius 3 is 2.64 bits per heavy atom. The van der Waals surface area contributed by atoms with Crippen LogP contribution < -0.4 is 10.2 Å². The van der Waals surface area contributed by atoms with Crippen molar-refractivity contribution in [2.45, 2.75) is 66.0 Å². The Bertz CT molecular complexity index is 793. The lowest BCUT2D eigenvalue weighted by Gasteiger charge is -2.25. The number of nitrogens with zero attached hydrogens (tertiary/aromatic N) is 2. The van der Waals surface area contributed by atoms with Crippen molar-refractivity contribution in [3.8, 4) is 0 Å². The number of alkyl carbamates (subject to hydrolysis) is 1. The predicted octanol–water partition coefficient (Wildman–Crippen LogP) is 3.52. The minimum atomic E-state index is -0.750. The van der Waals surface area contributed by atoms with Crippen molar-refractivity contribution < 1.29 is 19.1 Å². The molecule has 0 saturated carbocycles. The van der Waals surface area contributed by atoms with Crippen LogP contribution >= 0.6 is 0 Å². The van der Waals surface area contributed by atoms with Crippen LogP contribution in [-0.2, 0) is 20.9 Å². The molecule has 0 spiro atoms. The number of ketones is 1. The van der Waals surface area contributed by atoms with Gasteiger partial charge in [-0.3, -0.25) is 24.8 Å². The van der Waals surface area contributed by atoms with E-state index in [1.165, 1.54) is 4.90 Å². The van der Waals surface area contributed by atoms with Gasteiger partial charge in [-0.05, 0) is 45.2 Å². The van der Waals surface area contributed by atoms with Crippen LogP contribution in [0.4, 0.5) is 10.5 Å². The Balaban J connectivity index is 2.32. The zero-order valence-electron chi connectivity index (χ0n) is 17.3. The first-order valence-corrected chi connectivity index (χ1v) is 9.59. The molecule has 152 valence electrons. The predicted molar refractivity (Wildman–Crippen MR) is 109 cm³/mol. The highest BCUT2D eigenvalue weighted by Gasteiger charge is 2.31. The third-order valence-electron chi connectivity index (χ3n) is 4.21. The van der Waals surface area contributed by atoms with Crippen molar-refractivity contribution >= 4 is 29.3 Å². The van der Waals surface area contributed by atoms with Gasteiger partial charge in [-0.25, -0.2) is 4.79 Å². The summed E-state index contributed by atoms with van der Waals surface area (Å²) in [6.45, 7) is 9.30. The Hall–Kier alpha value is -2.70. The summed E-state index contributed by atoms with van der Waals surface area (Å²) in [5, 5.41) is 2.45. The van der Waals surface area contributed by atoms with Crippen molar-refractivity contribution in [2.24, 2.45) is 4.99 Å². The number of anilines is 1. The third kappa shape index (κ3) is 5.65. The lowest BCUT2D eigenvalue weighted by molar-refractivity contribution is -0.120. The quantitative estimate of drug-likeness (QED) is 0.837. The Labute approximate surface area is 166 Å². The van der Waals surface area contributed by atoms with Gasteiger partial charge in [-0.2, -0.15) is 0 Å². The number of fused-ring (bicyclic) bond motifs is 1. The van der Waals surface area contributed by atoms with Crippen LogP contribution in [0.15, 0.2) is 23.2 Å². The molecule has 2 rings (SSSR count). The largest absolute Gasteiger partial charge is 0.444 e. The number of benzene rings is 1. The second kappa shape index (κ2) is 8.99. The molecule has 0 bridgehead atoms. The Morgan fingerprint density at radius 1 is 1.29 bits per heavy atom. The van der Waals surface area contributed by atoms with Crippen LogP contribution in [0.2, 0.25) is 0 Å². The van der Waals surface area contributed by atoms with Gasteiger partial charge in [0.15, 0.2) is 11.6 Å². The van der Waals surface area contributed by atoms with Gasteiger partial charge in [0.1, 0.15) is 5.60 Å². The van der Waals surface area contributed by atoms with Gasteiger partial charge in [-0.15, -0.1) is 0 Å². The van der Waals surface area contributed by atoms with Gasteiger partial charge in [0.25, 0.3) is 5.91 Å². The van der Waals surface area contributed by atoms with E-state index in [-0.39, 0.29) is 24.7 Å². The van der Waals surface area contributed by atoms with Gasteiger partial charge in [0, 0.05) is 6.42 Å². The van der Waals surface area contributed by atoms with E-state index < -0.39 is 17.6 Å². The fourth-order valence-corrected chi connectivity index (χ4v) is 2.97. The molecule has 0 radical (unpaired) electrons. The molecule has 0 aliphatic carbocycles. The minimum absolute atomic E-state index is 0.0251. The second-order valence-corrected chi connectivity index (χ2v) is 7.91. The van der Waals surface area contributed by atoms with E-state index in [0.717, 1.165) is 24.0 Å². The normalized spacial score (nSPS) is 14.1. The number of para-hydroxylation sites is 1. The summed E-state index contributed by atoms with van der Waals surface area (Å²) < 4.78 is 5.23. The lowest BCUT2D eigenvalue weighted by atomic mass is 10.1. The molecule has 2 amide bonds. The van der Waals surface area contributed by atoms with Crippen molar-refractivity contribution in [1.29, 1.82) is 0 Å². The fraction of sp³-hybridized carbons (Fsp3) is 0.524. The first kappa shape index (κ1) is 21.6. The summed E-state index contributed by atoms with van der Waals surface area (Å²) in [5.41, 5.74) is 1.69. The van der Waals surface area contributed by atoms with E-state index >= 15 is 0 Å². The molecule has 1 aromatic rings. The first-order chi connectivity index (χ1) is 13.1. The van der Waals surface area contributed by atoms with Crippen LogP contribution in [0, 0.1) is 6.92 Å². The molecule has 7 nitrogen and oxygen atoms in total. The second-order valence-electron chi connectivity index (χ2n) is 7.91. The van der Waals surface area contributed by atoms with E-state index in [1.807, 2.05) is 32.0 Å². The van der Waals surface area contributed by atoms with Crippen molar-refractivity contribution in [1.82, 2.24) is 5.32 Å². The van der Waals surface area contributed by atoms with Crippen LogP contribution in [0.1, 0.15) is 58.1 Å².